The number of amides is 2. The number of halogens is 2. The molecule has 2 amide bonds. The van der Waals surface area contributed by atoms with Gasteiger partial charge in [0.15, 0.2) is 5.84 Å². The fraction of sp³-hybridized carbons (Fsp3) is 0.273. The van der Waals surface area contributed by atoms with Crippen LogP contribution in [0.2, 0.25) is 10.0 Å². The first-order chi connectivity index (χ1) is 8.74. The quantitative estimate of drug-likeness (QED) is 0.299. The molecule has 0 heterocycles. The molecule has 0 unspecified atom stereocenters. The molecule has 0 fully saturated rings. The highest BCUT2D eigenvalue weighted by Gasteiger charge is 2.25. The van der Waals surface area contributed by atoms with Gasteiger partial charge in [0.05, 0.1) is 5.54 Å². The second kappa shape index (κ2) is 5.99. The van der Waals surface area contributed by atoms with Crippen LogP contribution in [0.15, 0.2) is 23.4 Å². The lowest BCUT2D eigenvalue weighted by molar-refractivity contribution is 0.246. The number of carbonyl (C=O) groups is 1. The Morgan fingerprint density at radius 2 is 1.84 bits per heavy atom. The number of benzene rings is 1. The van der Waals surface area contributed by atoms with Crippen LogP contribution in [-0.2, 0) is 0 Å². The number of nitrogens with one attached hydrogen (secondary N) is 2. The minimum atomic E-state index is -0.999. The summed E-state index contributed by atoms with van der Waals surface area (Å²) >= 11 is 11.6. The molecule has 0 saturated heterocycles. The smallest absolute Gasteiger partial charge is 0.320 e. The van der Waals surface area contributed by atoms with Gasteiger partial charge < -0.3 is 21.6 Å². The molecule has 6 nitrogen and oxygen atoms in total. The SMILES string of the molecule is CC(C)(NC(=O)Nc1cc(Cl)cc(Cl)c1)/C(N)=N/O. The van der Waals surface area contributed by atoms with Crippen LogP contribution in [0.5, 0.6) is 0 Å². The molecule has 0 bridgehead atoms. The first-order valence-electron chi connectivity index (χ1n) is 5.28. The third kappa shape index (κ3) is 4.50. The van der Waals surface area contributed by atoms with Crippen molar-refractivity contribution in [1.82, 2.24) is 5.32 Å². The molecule has 0 atom stereocenters. The third-order valence-corrected chi connectivity index (χ3v) is 2.73. The van der Waals surface area contributed by atoms with Crippen molar-refractivity contribution in [1.29, 1.82) is 0 Å². The van der Waals surface area contributed by atoms with Gasteiger partial charge in [0.2, 0.25) is 0 Å². The molecular weight excluding hydrogens is 291 g/mol. The number of nitrogens with zero attached hydrogens (tertiary/aromatic N) is 1. The summed E-state index contributed by atoms with van der Waals surface area (Å²) < 4.78 is 0. The number of carbonyl (C=O) groups excluding carboxylic acids is 1. The minimum Gasteiger partial charge on any atom is -0.409 e. The van der Waals surface area contributed by atoms with Crippen molar-refractivity contribution in [2.24, 2.45) is 10.9 Å². The number of urea groups is 1. The van der Waals surface area contributed by atoms with E-state index in [1.165, 1.54) is 0 Å². The second-order valence-electron chi connectivity index (χ2n) is 4.35. The summed E-state index contributed by atoms with van der Waals surface area (Å²) in [5.74, 6) is -0.119. The topological polar surface area (TPSA) is 99.7 Å². The van der Waals surface area contributed by atoms with E-state index in [0.29, 0.717) is 15.7 Å². The Balaban J connectivity index is 2.75. The maximum atomic E-state index is 11.8. The molecule has 1 aromatic rings. The van der Waals surface area contributed by atoms with Crippen LogP contribution in [0.3, 0.4) is 0 Å². The number of hydrogen-bond acceptors (Lipinski definition) is 3. The number of anilines is 1. The lowest BCUT2D eigenvalue weighted by Crippen LogP contribution is -2.54. The summed E-state index contributed by atoms with van der Waals surface area (Å²) in [6.07, 6.45) is 0. The fourth-order valence-electron chi connectivity index (χ4n) is 1.26. The zero-order valence-corrected chi connectivity index (χ0v) is 11.9. The Bertz CT molecular complexity index is 497. The Labute approximate surface area is 120 Å². The lowest BCUT2D eigenvalue weighted by atomic mass is 10.1. The van der Waals surface area contributed by atoms with E-state index in [2.05, 4.69) is 15.8 Å². The highest BCUT2D eigenvalue weighted by atomic mass is 35.5. The maximum Gasteiger partial charge on any atom is 0.320 e. The van der Waals surface area contributed by atoms with Crippen molar-refractivity contribution in [2.45, 2.75) is 19.4 Å². The highest BCUT2D eigenvalue weighted by molar-refractivity contribution is 6.35. The van der Waals surface area contributed by atoms with Gasteiger partial charge in [-0.3, -0.25) is 0 Å². The molecule has 5 N–H and O–H groups in total. The Kier molecular flexibility index (Phi) is 4.85. The van der Waals surface area contributed by atoms with Crippen molar-refractivity contribution in [2.75, 3.05) is 5.32 Å². The molecule has 0 saturated carbocycles. The first kappa shape index (κ1) is 15.4. The van der Waals surface area contributed by atoms with Crippen molar-refractivity contribution in [3.8, 4) is 0 Å². The van der Waals surface area contributed by atoms with Gasteiger partial charge in [-0.2, -0.15) is 0 Å². The number of hydrogen-bond donors (Lipinski definition) is 4. The van der Waals surface area contributed by atoms with Crippen molar-refractivity contribution in [3.63, 3.8) is 0 Å². The molecule has 104 valence electrons. The van der Waals surface area contributed by atoms with Crippen LogP contribution >= 0.6 is 23.2 Å². The summed E-state index contributed by atoms with van der Waals surface area (Å²) in [6, 6.07) is 4.11. The van der Waals surface area contributed by atoms with Gasteiger partial charge in [-0.15, -0.1) is 0 Å². The standard InChI is InChI=1S/C11H14Cl2N4O2/c1-11(2,9(14)17-19)16-10(18)15-8-4-6(12)3-7(13)5-8/h3-5,19H,1-2H3,(H2,14,17)(H2,15,16,18). The van der Waals surface area contributed by atoms with Crippen molar-refractivity contribution < 1.29 is 10.0 Å². The van der Waals surface area contributed by atoms with Crippen molar-refractivity contribution >= 4 is 40.8 Å². The zero-order chi connectivity index (χ0) is 14.6. The molecule has 0 radical (unpaired) electrons. The molecule has 19 heavy (non-hydrogen) atoms. The van der Waals surface area contributed by atoms with Gasteiger partial charge in [-0.05, 0) is 32.0 Å². The van der Waals surface area contributed by atoms with E-state index in [-0.39, 0.29) is 5.84 Å². The summed E-state index contributed by atoms with van der Waals surface area (Å²) in [5.41, 5.74) is 4.89. The van der Waals surface area contributed by atoms with Crippen LogP contribution in [0.25, 0.3) is 0 Å². The Hall–Kier alpha value is -1.66. The summed E-state index contributed by atoms with van der Waals surface area (Å²) in [6.45, 7) is 3.18. The van der Waals surface area contributed by atoms with E-state index in [1.807, 2.05) is 0 Å². The van der Waals surface area contributed by atoms with E-state index >= 15 is 0 Å². The van der Waals surface area contributed by atoms with Gasteiger partial charge in [-0.1, -0.05) is 28.4 Å². The average Bonchev–Trinajstić information content (AvgIpc) is 2.25. The Morgan fingerprint density at radius 1 is 1.32 bits per heavy atom. The first-order valence-corrected chi connectivity index (χ1v) is 6.03. The number of oxime groups is 1. The summed E-state index contributed by atoms with van der Waals surface area (Å²) in [7, 11) is 0. The number of amidine groups is 1. The lowest BCUT2D eigenvalue weighted by Gasteiger charge is -2.24. The van der Waals surface area contributed by atoms with E-state index < -0.39 is 11.6 Å². The van der Waals surface area contributed by atoms with E-state index in [0.717, 1.165) is 0 Å². The Morgan fingerprint density at radius 3 is 2.32 bits per heavy atom. The van der Waals surface area contributed by atoms with E-state index in [1.54, 1.807) is 32.0 Å². The van der Waals surface area contributed by atoms with Gasteiger partial charge in [0.1, 0.15) is 0 Å². The molecule has 0 aliphatic heterocycles. The molecule has 1 aromatic carbocycles. The van der Waals surface area contributed by atoms with Crippen LogP contribution in [-0.4, -0.2) is 22.6 Å². The molecule has 8 heteroatoms. The average molecular weight is 305 g/mol. The normalized spacial score (nSPS) is 12.1. The van der Waals surface area contributed by atoms with E-state index in [4.69, 9.17) is 34.1 Å². The monoisotopic (exact) mass is 304 g/mol. The largest absolute Gasteiger partial charge is 0.409 e. The highest BCUT2D eigenvalue weighted by Crippen LogP contribution is 2.22. The van der Waals surface area contributed by atoms with Gasteiger partial charge >= 0.3 is 6.03 Å². The maximum absolute atomic E-state index is 11.8. The second-order valence-corrected chi connectivity index (χ2v) is 5.22. The predicted molar refractivity (Wildman–Crippen MR) is 76.1 cm³/mol. The molecule has 0 aliphatic carbocycles. The fourth-order valence-corrected chi connectivity index (χ4v) is 1.79. The molecule has 1 rings (SSSR count). The van der Waals surface area contributed by atoms with Crippen LogP contribution in [0, 0.1) is 0 Å². The molecular formula is C11H14Cl2N4O2. The summed E-state index contributed by atoms with van der Waals surface area (Å²) in [5, 5.41) is 17.4. The van der Waals surface area contributed by atoms with Crippen LogP contribution in [0.4, 0.5) is 10.5 Å². The zero-order valence-electron chi connectivity index (χ0n) is 10.4. The minimum absolute atomic E-state index is 0.119. The predicted octanol–water partition coefficient (Wildman–Crippen LogP) is 2.64. The van der Waals surface area contributed by atoms with Gasteiger partial charge in [0.25, 0.3) is 0 Å². The van der Waals surface area contributed by atoms with Crippen LogP contribution in [0.1, 0.15) is 13.8 Å². The third-order valence-electron chi connectivity index (χ3n) is 2.29. The number of nitrogens with two attached hydrogens (primary N) is 1. The van der Waals surface area contributed by atoms with Gasteiger partial charge in [-0.25, -0.2) is 4.79 Å². The molecule has 0 spiro atoms. The van der Waals surface area contributed by atoms with Crippen molar-refractivity contribution in [3.05, 3.63) is 28.2 Å². The summed E-state index contributed by atoms with van der Waals surface area (Å²) in [4.78, 5) is 11.8. The number of rotatable bonds is 3. The molecule has 0 aliphatic rings. The van der Waals surface area contributed by atoms with E-state index in [9.17, 15) is 4.79 Å². The molecule has 0 aromatic heterocycles. The van der Waals surface area contributed by atoms with Crippen LogP contribution < -0.4 is 16.4 Å². The van der Waals surface area contributed by atoms with Gasteiger partial charge in [0, 0.05) is 15.7 Å².